The normalized spacial score (nSPS) is 17.4. The highest BCUT2D eigenvalue weighted by molar-refractivity contribution is 5.40. The van der Waals surface area contributed by atoms with Gasteiger partial charge in [0, 0.05) is 12.5 Å². The topological polar surface area (TPSA) is 27.7 Å². The average Bonchev–Trinajstić information content (AvgIpc) is 3.03. The summed E-state index contributed by atoms with van der Waals surface area (Å²) in [5.74, 6) is -0.420. The van der Waals surface area contributed by atoms with Gasteiger partial charge in [-0.2, -0.15) is 0 Å². The van der Waals surface area contributed by atoms with Gasteiger partial charge in [-0.15, -0.1) is 0 Å². The maximum absolute atomic E-state index is 14.5. The Morgan fingerprint density at radius 1 is 1.09 bits per heavy atom. The molecule has 3 nitrogen and oxygen atoms in total. The highest BCUT2D eigenvalue weighted by Crippen LogP contribution is 2.38. The third-order valence-electron chi connectivity index (χ3n) is 4.35. The van der Waals surface area contributed by atoms with Crippen molar-refractivity contribution in [1.29, 1.82) is 0 Å². The standard InChI is InChI=1S/C19H17FO3/c20-18-11-16(21-13-14-4-2-1-3-5-14)10-15-6-7-19(12-17(15)18)22-8-9-23-19/h1-5,8-11H,6-7,12-13H2. The van der Waals surface area contributed by atoms with Crippen LogP contribution in [0.25, 0.3) is 0 Å². The lowest BCUT2D eigenvalue weighted by Crippen LogP contribution is -2.37. The third-order valence-corrected chi connectivity index (χ3v) is 4.35. The Hall–Kier alpha value is -2.49. The van der Waals surface area contributed by atoms with Crippen LogP contribution in [0, 0.1) is 5.82 Å². The van der Waals surface area contributed by atoms with Crippen LogP contribution in [0.3, 0.4) is 0 Å². The molecular weight excluding hydrogens is 295 g/mol. The lowest BCUT2D eigenvalue weighted by Gasteiger charge is -2.33. The predicted molar refractivity (Wildman–Crippen MR) is 83.2 cm³/mol. The van der Waals surface area contributed by atoms with Gasteiger partial charge in [-0.3, -0.25) is 0 Å². The fourth-order valence-electron chi connectivity index (χ4n) is 3.13. The first-order valence-corrected chi connectivity index (χ1v) is 7.73. The number of hydrogen-bond donors (Lipinski definition) is 0. The van der Waals surface area contributed by atoms with Crippen LogP contribution in [-0.4, -0.2) is 5.79 Å². The Morgan fingerprint density at radius 2 is 1.87 bits per heavy atom. The van der Waals surface area contributed by atoms with Gasteiger partial charge in [-0.1, -0.05) is 30.3 Å². The van der Waals surface area contributed by atoms with E-state index in [4.69, 9.17) is 14.2 Å². The Bertz CT molecular complexity index is 732. The molecule has 0 fully saturated rings. The SMILES string of the molecule is Fc1cc(OCc2ccccc2)cc2c1CC1(CC2)OC=CO1. The smallest absolute Gasteiger partial charge is 0.254 e. The van der Waals surface area contributed by atoms with Gasteiger partial charge >= 0.3 is 0 Å². The number of halogens is 1. The highest BCUT2D eigenvalue weighted by Gasteiger charge is 2.40. The second kappa shape index (κ2) is 5.61. The van der Waals surface area contributed by atoms with Crippen molar-refractivity contribution in [2.75, 3.05) is 0 Å². The van der Waals surface area contributed by atoms with E-state index in [-0.39, 0.29) is 5.82 Å². The Morgan fingerprint density at radius 3 is 2.65 bits per heavy atom. The number of hydrogen-bond acceptors (Lipinski definition) is 3. The van der Waals surface area contributed by atoms with E-state index < -0.39 is 5.79 Å². The molecule has 2 aliphatic rings. The molecule has 4 rings (SSSR count). The molecule has 1 aliphatic carbocycles. The van der Waals surface area contributed by atoms with E-state index >= 15 is 0 Å². The fourth-order valence-corrected chi connectivity index (χ4v) is 3.13. The van der Waals surface area contributed by atoms with Gasteiger partial charge in [0.1, 0.15) is 30.7 Å². The van der Waals surface area contributed by atoms with Crippen LogP contribution in [0.15, 0.2) is 55.0 Å². The number of rotatable bonds is 3. The Kier molecular flexibility index (Phi) is 3.45. The summed E-state index contributed by atoms with van der Waals surface area (Å²) in [4.78, 5) is 0. The largest absolute Gasteiger partial charge is 0.489 e. The summed E-state index contributed by atoms with van der Waals surface area (Å²) in [6.45, 7) is 0.430. The molecule has 1 heterocycles. The molecule has 2 aromatic rings. The number of benzene rings is 2. The molecule has 2 aromatic carbocycles. The molecule has 0 radical (unpaired) electrons. The van der Waals surface area contributed by atoms with Crippen LogP contribution < -0.4 is 4.74 Å². The summed E-state index contributed by atoms with van der Waals surface area (Å²) in [7, 11) is 0. The fraction of sp³-hybridized carbons (Fsp3) is 0.263. The molecule has 0 bridgehead atoms. The minimum atomic E-state index is -0.722. The van der Waals surface area contributed by atoms with Gasteiger partial charge in [-0.25, -0.2) is 4.39 Å². The molecule has 0 N–H and O–H groups in total. The van der Waals surface area contributed by atoms with Crippen LogP contribution in [0.4, 0.5) is 4.39 Å². The van der Waals surface area contributed by atoms with Crippen LogP contribution in [0.5, 0.6) is 5.75 Å². The van der Waals surface area contributed by atoms with E-state index in [0.717, 1.165) is 11.1 Å². The van der Waals surface area contributed by atoms with Crippen molar-refractivity contribution in [3.05, 3.63) is 77.5 Å². The molecule has 0 amide bonds. The van der Waals surface area contributed by atoms with E-state index in [1.807, 2.05) is 36.4 Å². The van der Waals surface area contributed by atoms with Crippen molar-refractivity contribution in [2.24, 2.45) is 0 Å². The van der Waals surface area contributed by atoms with Gasteiger partial charge in [0.05, 0.1) is 6.42 Å². The zero-order chi connectivity index (χ0) is 15.7. The van der Waals surface area contributed by atoms with E-state index in [9.17, 15) is 4.39 Å². The zero-order valence-electron chi connectivity index (χ0n) is 12.6. The summed E-state index contributed by atoms with van der Waals surface area (Å²) < 4.78 is 31.3. The van der Waals surface area contributed by atoms with Crippen molar-refractivity contribution < 1.29 is 18.6 Å². The molecule has 23 heavy (non-hydrogen) atoms. The summed E-state index contributed by atoms with van der Waals surface area (Å²) >= 11 is 0. The summed E-state index contributed by atoms with van der Waals surface area (Å²) in [6.07, 6.45) is 4.88. The minimum Gasteiger partial charge on any atom is -0.489 e. The summed E-state index contributed by atoms with van der Waals surface area (Å²) in [5.41, 5.74) is 2.69. The lowest BCUT2D eigenvalue weighted by molar-refractivity contribution is -0.149. The van der Waals surface area contributed by atoms with Crippen molar-refractivity contribution >= 4 is 0 Å². The summed E-state index contributed by atoms with van der Waals surface area (Å²) in [5, 5.41) is 0. The van der Waals surface area contributed by atoms with Crippen LogP contribution in [-0.2, 0) is 28.9 Å². The molecule has 0 atom stereocenters. The molecule has 0 saturated carbocycles. The Balaban J connectivity index is 1.52. The third kappa shape index (κ3) is 2.77. The van der Waals surface area contributed by atoms with Gasteiger partial charge in [0.25, 0.3) is 5.79 Å². The van der Waals surface area contributed by atoms with Gasteiger partial charge < -0.3 is 14.2 Å². The predicted octanol–water partition coefficient (Wildman–Crippen LogP) is 4.11. The van der Waals surface area contributed by atoms with Gasteiger partial charge in [-0.05, 0) is 29.2 Å². The molecule has 1 aliphatic heterocycles. The summed E-state index contributed by atoms with van der Waals surface area (Å²) in [6, 6.07) is 13.2. The number of fused-ring (bicyclic) bond motifs is 1. The first-order chi connectivity index (χ1) is 11.2. The van der Waals surface area contributed by atoms with Crippen molar-refractivity contribution in [2.45, 2.75) is 31.7 Å². The maximum atomic E-state index is 14.5. The molecule has 0 aromatic heterocycles. The van der Waals surface area contributed by atoms with E-state index in [2.05, 4.69) is 0 Å². The van der Waals surface area contributed by atoms with Crippen molar-refractivity contribution in [3.63, 3.8) is 0 Å². The first-order valence-electron chi connectivity index (χ1n) is 7.73. The average molecular weight is 312 g/mol. The molecule has 0 saturated heterocycles. The maximum Gasteiger partial charge on any atom is 0.254 e. The molecular formula is C19H17FO3. The Labute approximate surface area is 134 Å². The quantitative estimate of drug-likeness (QED) is 0.854. The molecule has 4 heteroatoms. The van der Waals surface area contributed by atoms with E-state index in [1.54, 1.807) is 0 Å². The number of ether oxygens (including phenoxy) is 3. The molecule has 0 unspecified atom stereocenters. The van der Waals surface area contributed by atoms with Crippen LogP contribution in [0.2, 0.25) is 0 Å². The first kappa shape index (κ1) is 14.1. The van der Waals surface area contributed by atoms with Gasteiger partial charge in [0.2, 0.25) is 0 Å². The highest BCUT2D eigenvalue weighted by atomic mass is 19.1. The van der Waals surface area contributed by atoms with Gasteiger partial charge in [0.15, 0.2) is 0 Å². The second-order valence-electron chi connectivity index (χ2n) is 5.91. The second-order valence-corrected chi connectivity index (χ2v) is 5.91. The van der Waals surface area contributed by atoms with E-state index in [1.165, 1.54) is 18.6 Å². The van der Waals surface area contributed by atoms with Crippen LogP contribution >= 0.6 is 0 Å². The lowest BCUT2D eigenvalue weighted by atomic mass is 9.86. The number of aryl methyl sites for hydroxylation is 1. The van der Waals surface area contributed by atoms with Crippen molar-refractivity contribution in [1.82, 2.24) is 0 Å². The zero-order valence-corrected chi connectivity index (χ0v) is 12.6. The van der Waals surface area contributed by atoms with Crippen molar-refractivity contribution in [3.8, 4) is 5.75 Å². The minimum absolute atomic E-state index is 0.260. The van der Waals surface area contributed by atoms with Crippen LogP contribution in [0.1, 0.15) is 23.1 Å². The monoisotopic (exact) mass is 312 g/mol. The molecule has 118 valence electrons. The van der Waals surface area contributed by atoms with E-state index in [0.29, 0.717) is 37.2 Å². The molecule has 1 spiro atoms.